The van der Waals surface area contributed by atoms with E-state index in [1.54, 1.807) is 0 Å². The smallest absolute Gasteiger partial charge is 0.105 e. The van der Waals surface area contributed by atoms with Gasteiger partial charge in [0.15, 0.2) is 0 Å². The van der Waals surface area contributed by atoms with Gasteiger partial charge >= 0.3 is 0 Å². The molecule has 1 aromatic carbocycles. The Labute approximate surface area is 102 Å². The molecule has 0 spiro atoms. The summed E-state index contributed by atoms with van der Waals surface area (Å²) >= 11 is 0. The lowest BCUT2D eigenvalue weighted by molar-refractivity contribution is 1.17. The molecule has 2 rings (SSSR count). The Kier molecular flexibility index (Phi) is 3.55. The Balaban J connectivity index is 2.41. The van der Waals surface area contributed by atoms with Gasteiger partial charge in [0.1, 0.15) is 5.84 Å². The Morgan fingerprint density at radius 2 is 1.94 bits per heavy atom. The van der Waals surface area contributed by atoms with Gasteiger partial charge in [-0.1, -0.05) is 43.0 Å². The Morgan fingerprint density at radius 1 is 1.18 bits per heavy atom. The minimum absolute atomic E-state index is 0.701. The second-order valence-corrected chi connectivity index (χ2v) is 3.84. The fourth-order valence-electron chi connectivity index (χ4n) is 1.77. The summed E-state index contributed by atoms with van der Waals surface area (Å²) in [5, 5.41) is 0. The number of rotatable bonds is 1. The predicted octanol–water partition coefficient (Wildman–Crippen LogP) is 3.55. The first kappa shape index (κ1) is 11.4. The second-order valence-electron chi connectivity index (χ2n) is 3.84. The van der Waals surface area contributed by atoms with E-state index >= 15 is 0 Å². The van der Waals surface area contributed by atoms with Crippen LogP contribution in [0.5, 0.6) is 0 Å². The molecule has 2 heteroatoms. The second kappa shape index (κ2) is 5.30. The van der Waals surface area contributed by atoms with Gasteiger partial charge in [-0.05, 0) is 25.1 Å². The van der Waals surface area contributed by atoms with Gasteiger partial charge in [-0.3, -0.25) is 9.89 Å². The van der Waals surface area contributed by atoms with Crippen LogP contribution in [0.15, 0.2) is 71.9 Å². The lowest BCUT2D eigenvalue weighted by Gasteiger charge is -2.24. The Hall–Kier alpha value is -2.09. The topological polar surface area (TPSA) is 15.6 Å². The first-order valence-electron chi connectivity index (χ1n) is 5.67. The number of anilines is 1. The third-order valence-corrected chi connectivity index (χ3v) is 2.59. The number of hydrogen-bond acceptors (Lipinski definition) is 2. The lowest BCUT2D eigenvalue weighted by atomic mass is 10.2. The highest BCUT2D eigenvalue weighted by atomic mass is 15.2. The van der Waals surface area contributed by atoms with Crippen LogP contribution >= 0.6 is 0 Å². The summed E-state index contributed by atoms with van der Waals surface area (Å²) in [7, 11) is 0. The van der Waals surface area contributed by atoms with E-state index in [0.29, 0.717) is 6.54 Å². The molecule has 0 bridgehead atoms. The summed E-state index contributed by atoms with van der Waals surface area (Å²) in [5.41, 5.74) is 2.01. The highest BCUT2D eigenvalue weighted by molar-refractivity contribution is 5.99. The maximum atomic E-state index is 4.51. The van der Waals surface area contributed by atoms with Gasteiger partial charge in [-0.15, -0.1) is 0 Å². The Morgan fingerprint density at radius 3 is 2.71 bits per heavy atom. The van der Waals surface area contributed by atoms with Gasteiger partial charge < -0.3 is 0 Å². The standard InChI is InChI=1S/C15H16N2/c1-13-9-5-4-8-12-16-14(2)17(13)15-10-6-3-7-11-15/h3-11H,1,12H2,2H3/b8-4-,9-5-,16-14-. The molecule has 0 saturated carbocycles. The van der Waals surface area contributed by atoms with Gasteiger partial charge in [0.25, 0.3) is 0 Å². The van der Waals surface area contributed by atoms with Crippen LogP contribution in [0.4, 0.5) is 5.69 Å². The monoisotopic (exact) mass is 224 g/mol. The van der Waals surface area contributed by atoms with Gasteiger partial charge in [0, 0.05) is 11.4 Å². The van der Waals surface area contributed by atoms with Crippen LogP contribution in [0.1, 0.15) is 6.92 Å². The molecule has 17 heavy (non-hydrogen) atoms. The highest BCUT2D eigenvalue weighted by Gasteiger charge is 2.11. The first-order valence-corrected chi connectivity index (χ1v) is 5.67. The van der Waals surface area contributed by atoms with Crippen molar-refractivity contribution < 1.29 is 0 Å². The molecule has 1 aliphatic heterocycles. The maximum absolute atomic E-state index is 4.51. The van der Waals surface area contributed by atoms with Crippen LogP contribution in [0.25, 0.3) is 0 Å². The molecule has 1 heterocycles. The highest BCUT2D eigenvalue weighted by Crippen LogP contribution is 2.20. The van der Waals surface area contributed by atoms with E-state index in [-0.39, 0.29) is 0 Å². The normalized spacial score (nSPS) is 23.0. The zero-order chi connectivity index (χ0) is 12.1. The van der Waals surface area contributed by atoms with Crippen molar-refractivity contribution in [3.63, 3.8) is 0 Å². The van der Waals surface area contributed by atoms with Crippen LogP contribution in [-0.4, -0.2) is 12.4 Å². The molecule has 0 atom stereocenters. The van der Waals surface area contributed by atoms with E-state index in [1.165, 1.54) is 0 Å². The van der Waals surface area contributed by atoms with Crippen molar-refractivity contribution in [2.24, 2.45) is 4.99 Å². The molecule has 0 radical (unpaired) electrons. The van der Waals surface area contributed by atoms with Crippen molar-refractivity contribution in [2.45, 2.75) is 6.92 Å². The van der Waals surface area contributed by atoms with Crippen molar-refractivity contribution in [3.05, 3.63) is 66.9 Å². The summed E-state index contributed by atoms with van der Waals surface area (Å²) in [6, 6.07) is 10.2. The number of amidine groups is 1. The van der Waals surface area contributed by atoms with Gasteiger partial charge in [0.05, 0.1) is 6.54 Å². The fourth-order valence-corrected chi connectivity index (χ4v) is 1.77. The molecule has 86 valence electrons. The molecule has 0 unspecified atom stereocenters. The Bertz CT molecular complexity index is 479. The minimum atomic E-state index is 0.701. The van der Waals surface area contributed by atoms with Crippen molar-refractivity contribution in [1.82, 2.24) is 0 Å². The van der Waals surface area contributed by atoms with Crippen molar-refractivity contribution in [3.8, 4) is 0 Å². The average Bonchev–Trinajstić information content (AvgIpc) is 2.42. The van der Waals surface area contributed by atoms with E-state index in [4.69, 9.17) is 0 Å². The molecule has 1 aromatic rings. The molecule has 0 N–H and O–H groups in total. The fraction of sp³-hybridized carbons (Fsp3) is 0.133. The number of aliphatic imine (C=N–C) groups is 1. The third kappa shape index (κ3) is 2.72. The van der Waals surface area contributed by atoms with Gasteiger partial charge in [-0.25, -0.2) is 0 Å². The lowest BCUT2D eigenvalue weighted by Crippen LogP contribution is -2.26. The minimum Gasteiger partial charge on any atom is -0.300 e. The molecule has 0 fully saturated rings. The average molecular weight is 224 g/mol. The van der Waals surface area contributed by atoms with Gasteiger partial charge in [0.2, 0.25) is 0 Å². The predicted molar refractivity (Wildman–Crippen MR) is 74.3 cm³/mol. The van der Waals surface area contributed by atoms with Crippen LogP contribution < -0.4 is 4.90 Å². The number of hydrogen-bond donors (Lipinski definition) is 0. The number of allylic oxidation sites excluding steroid dienone is 3. The molecule has 0 amide bonds. The first-order chi connectivity index (χ1) is 8.29. The van der Waals surface area contributed by atoms with Crippen molar-refractivity contribution in [1.29, 1.82) is 0 Å². The summed E-state index contributed by atoms with van der Waals surface area (Å²) in [5.74, 6) is 0.956. The van der Waals surface area contributed by atoms with Crippen LogP contribution in [0.2, 0.25) is 0 Å². The van der Waals surface area contributed by atoms with E-state index in [2.05, 4.69) is 28.6 Å². The van der Waals surface area contributed by atoms with E-state index < -0.39 is 0 Å². The van der Waals surface area contributed by atoms with Crippen LogP contribution in [0.3, 0.4) is 0 Å². The molecule has 1 aliphatic rings. The van der Waals surface area contributed by atoms with Crippen molar-refractivity contribution in [2.75, 3.05) is 11.4 Å². The number of nitrogens with zero attached hydrogens (tertiary/aromatic N) is 2. The number of benzene rings is 1. The quantitative estimate of drug-likeness (QED) is 0.712. The summed E-state index contributed by atoms with van der Waals surface area (Å²) in [6.45, 7) is 6.80. The number of para-hydroxylation sites is 1. The summed E-state index contributed by atoms with van der Waals surface area (Å²) < 4.78 is 0. The van der Waals surface area contributed by atoms with E-state index in [9.17, 15) is 0 Å². The molecule has 2 nitrogen and oxygen atoms in total. The largest absolute Gasteiger partial charge is 0.300 e. The molecule has 0 aromatic heterocycles. The molecule has 0 aliphatic carbocycles. The van der Waals surface area contributed by atoms with E-state index in [0.717, 1.165) is 17.2 Å². The summed E-state index contributed by atoms with van der Waals surface area (Å²) in [4.78, 5) is 6.57. The van der Waals surface area contributed by atoms with E-state index in [1.807, 2.05) is 49.4 Å². The maximum Gasteiger partial charge on any atom is 0.105 e. The van der Waals surface area contributed by atoms with Crippen molar-refractivity contribution >= 4 is 11.5 Å². The van der Waals surface area contributed by atoms with Gasteiger partial charge in [-0.2, -0.15) is 0 Å². The zero-order valence-electron chi connectivity index (χ0n) is 10.0. The molecular formula is C15H16N2. The molecule has 0 saturated heterocycles. The summed E-state index contributed by atoms with van der Waals surface area (Å²) in [6.07, 6.45) is 8.01. The third-order valence-electron chi connectivity index (χ3n) is 2.59. The molecular weight excluding hydrogens is 208 g/mol. The van der Waals surface area contributed by atoms with Crippen LogP contribution in [0, 0.1) is 0 Å². The zero-order valence-corrected chi connectivity index (χ0v) is 10.0. The SMILES string of the molecule is C=C1/C=C\C=C/C/N=C(/C)N1c1ccccc1. The van der Waals surface area contributed by atoms with Crippen LogP contribution in [-0.2, 0) is 0 Å².